The van der Waals surface area contributed by atoms with Gasteiger partial charge in [-0.25, -0.2) is 0 Å². The molecule has 3 rings (SSSR count). The largest absolute Gasteiger partial charge is 0.467 e. The molecule has 0 aromatic heterocycles. The van der Waals surface area contributed by atoms with E-state index in [1.54, 1.807) is 6.92 Å². The summed E-state index contributed by atoms with van der Waals surface area (Å²) in [6.45, 7) is 3.46. The van der Waals surface area contributed by atoms with Crippen LogP contribution in [0.2, 0.25) is 0 Å². The summed E-state index contributed by atoms with van der Waals surface area (Å²) in [4.78, 5) is 11.9. The van der Waals surface area contributed by atoms with Gasteiger partial charge in [0.2, 0.25) is 0 Å². The Hall–Kier alpha value is -1.62. The van der Waals surface area contributed by atoms with Crippen LogP contribution in [0.1, 0.15) is 25.5 Å². The molecule has 2 aliphatic rings. The first-order valence-corrected chi connectivity index (χ1v) is 6.29. The van der Waals surface area contributed by atoms with E-state index in [-0.39, 0.29) is 17.7 Å². The molecule has 1 aromatic rings. The average Bonchev–Trinajstić information content (AvgIpc) is 2.26. The number of ketones is 1. The molecule has 0 radical (unpaired) electrons. The van der Waals surface area contributed by atoms with Crippen LogP contribution in [0.25, 0.3) is 0 Å². The fourth-order valence-electron chi connectivity index (χ4n) is 2.91. The number of fused-ring (bicyclic) bond motifs is 4. The second-order valence-electron chi connectivity index (χ2n) is 4.91. The third-order valence-electron chi connectivity index (χ3n) is 3.59. The van der Waals surface area contributed by atoms with Crippen LogP contribution in [-0.4, -0.2) is 16.6 Å². The second kappa shape index (κ2) is 3.68. The Morgan fingerprint density at radius 2 is 2.17 bits per heavy atom. The lowest BCUT2D eigenvalue weighted by atomic mass is 9.78. The van der Waals surface area contributed by atoms with Crippen molar-refractivity contribution in [2.75, 3.05) is 0 Å². The van der Waals surface area contributed by atoms with E-state index in [1.807, 2.05) is 31.2 Å². The number of ether oxygens (including phenoxy) is 1. The number of carbonyl (C=O) groups excluding carboxylic acids is 1. The summed E-state index contributed by atoms with van der Waals surface area (Å²) >= 11 is 5.19. The molecule has 0 unspecified atom stereocenters. The van der Waals surface area contributed by atoms with Gasteiger partial charge in [-0.1, -0.05) is 18.2 Å². The van der Waals surface area contributed by atoms with Gasteiger partial charge in [-0.05, 0) is 32.1 Å². The van der Waals surface area contributed by atoms with Crippen molar-refractivity contribution in [1.29, 1.82) is 0 Å². The van der Waals surface area contributed by atoms with Crippen LogP contribution in [0.5, 0.6) is 5.75 Å². The number of rotatable bonds is 1. The first-order chi connectivity index (χ1) is 8.51. The van der Waals surface area contributed by atoms with E-state index in [0.717, 1.165) is 11.3 Å². The molecular formula is C13H14N2O2S. The third kappa shape index (κ3) is 1.50. The molecule has 0 amide bonds. The highest BCUT2D eigenvalue weighted by molar-refractivity contribution is 7.80. The number of carbonyl (C=O) groups is 1. The molecule has 18 heavy (non-hydrogen) atoms. The van der Waals surface area contributed by atoms with Gasteiger partial charge in [0.05, 0.1) is 6.04 Å². The normalized spacial score (nSPS) is 32.7. The number of para-hydroxylation sites is 1. The smallest absolute Gasteiger partial charge is 0.191 e. The Morgan fingerprint density at radius 1 is 1.44 bits per heavy atom. The highest BCUT2D eigenvalue weighted by Crippen LogP contribution is 2.44. The maximum atomic E-state index is 11.9. The number of hydrogen-bond donors (Lipinski definition) is 2. The second-order valence-corrected chi connectivity index (χ2v) is 5.32. The van der Waals surface area contributed by atoms with Gasteiger partial charge in [-0.15, -0.1) is 0 Å². The molecule has 2 bridgehead atoms. The Morgan fingerprint density at radius 3 is 2.89 bits per heavy atom. The van der Waals surface area contributed by atoms with Crippen molar-refractivity contribution in [3.63, 3.8) is 0 Å². The molecule has 0 aliphatic carbocycles. The molecule has 94 valence electrons. The molecule has 3 atom stereocenters. The number of hydrogen-bond acceptors (Lipinski definition) is 3. The van der Waals surface area contributed by atoms with E-state index in [4.69, 9.17) is 17.0 Å². The summed E-state index contributed by atoms with van der Waals surface area (Å²) in [5.41, 5.74) is 0.215. The standard InChI is InChI=1S/C13H14N2O2S/c1-7(16)10-11-8-5-3-4-6-9(8)17-13(10,2)15-12(18)14-11/h3-6,10-11H,1-2H3,(H2,14,15,18)/t10-,11-,13-/m0/s1. The van der Waals surface area contributed by atoms with E-state index >= 15 is 0 Å². The van der Waals surface area contributed by atoms with Crippen molar-refractivity contribution in [3.05, 3.63) is 29.8 Å². The summed E-state index contributed by atoms with van der Waals surface area (Å²) in [5, 5.41) is 6.78. The van der Waals surface area contributed by atoms with Crippen LogP contribution in [-0.2, 0) is 4.79 Å². The lowest BCUT2D eigenvalue weighted by Gasteiger charge is -2.50. The summed E-state index contributed by atoms with van der Waals surface area (Å²) in [6, 6.07) is 7.62. The van der Waals surface area contributed by atoms with Gasteiger partial charge in [0.25, 0.3) is 0 Å². The fraction of sp³-hybridized carbons (Fsp3) is 0.385. The molecule has 1 aromatic carbocycles. The molecule has 1 fully saturated rings. The van der Waals surface area contributed by atoms with Gasteiger partial charge in [-0.2, -0.15) is 0 Å². The van der Waals surface area contributed by atoms with Crippen molar-refractivity contribution in [3.8, 4) is 5.75 Å². The zero-order valence-electron chi connectivity index (χ0n) is 10.2. The van der Waals surface area contributed by atoms with Gasteiger partial charge < -0.3 is 15.4 Å². The van der Waals surface area contributed by atoms with Crippen molar-refractivity contribution in [2.45, 2.75) is 25.6 Å². The Labute approximate surface area is 111 Å². The highest BCUT2D eigenvalue weighted by Gasteiger charge is 2.53. The first kappa shape index (κ1) is 11.5. The number of Topliss-reactive ketones (excluding diaryl/α,β-unsaturated/α-hetero) is 1. The lowest BCUT2D eigenvalue weighted by molar-refractivity contribution is -0.133. The van der Waals surface area contributed by atoms with Gasteiger partial charge in [-0.3, -0.25) is 4.79 Å². The molecule has 2 heterocycles. The number of nitrogens with one attached hydrogen (secondary N) is 2. The predicted octanol–water partition coefficient (Wildman–Crippen LogP) is 1.52. The van der Waals surface area contributed by atoms with Gasteiger partial charge >= 0.3 is 0 Å². The van der Waals surface area contributed by atoms with Crippen LogP contribution in [0, 0.1) is 5.92 Å². The maximum Gasteiger partial charge on any atom is 0.191 e. The van der Waals surface area contributed by atoms with Gasteiger partial charge in [0, 0.05) is 5.56 Å². The minimum Gasteiger partial charge on any atom is -0.467 e. The van der Waals surface area contributed by atoms with E-state index in [0.29, 0.717) is 5.11 Å². The van der Waals surface area contributed by atoms with Crippen molar-refractivity contribution in [1.82, 2.24) is 10.6 Å². The van der Waals surface area contributed by atoms with Gasteiger partial charge in [0.1, 0.15) is 17.5 Å². The fourth-order valence-corrected chi connectivity index (χ4v) is 3.24. The topological polar surface area (TPSA) is 50.4 Å². The Balaban J connectivity index is 2.17. The van der Waals surface area contributed by atoms with E-state index < -0.39 is 5.72 Å². The zero-order chi connectivity index (χ0) is 12.9. The summed E-state index contributed by atoms with van der Waals surface area (Å²) in [5.74, 6) is 0.587. The minimum absolute atomic E-state index is 0.0829. The van der Waals surface area contributed by atoms with E-state index in [9.17, 15) is 4.79 Å². The zero-order valence-corrected chi connectivity index (χ0v) is 11.0. The lowest BCUT2D eigenvalue weighted by Crippen LogP contribution is -2.69. The maximum absolute atomic E-state index is 11.9. The first-order valence-electron chi connectivity index (χ1n) is 5.88. The van der Waals surface area contributed by atoms with Crippen LogP contribution in [0.15, 0.2) is 24.3 Å². The number of benzene rings is 1. The average molecular weight is 262 g/mol. The van der Waals surface area contributed by atoms with Crippen molar-refractivity contribution < 1.29 is 9.53 Å². The third-order valence-corrected chi connectivity index (χ3v) is 3.81. The molecule has 5 heteroatoms. The van der Waals surface area contributed by atoms with Crippen LogP contribution in [0.3, 0.4) is 0 Å². The molecule has 0 saturated carbocycles. The number of thiocarbonyl (C=S) groups is 1. The molecule has 0 spiro atoms. The Kier molecular flexibility index (Phi) is 2.35. The van der Waals surface area contributed by atoms with Crippen LogP contribution in [0.4, 0.5) is 0 Å². The summed E-state index contributed by atoms with van der Waals surface area (Å²) in [6.07, 6.45) is 0. The SMILES string of the molecule is CC(=O)[C@H]1[C@H]2NC(=S)N[C@@]1(C)Oc1ccccc12. The summed E-state index contributed by atoms with van der Waals surface area (Å²) in [7, 11) is 0. The van der Waals surface area contributed by atoms with Gasteiger partial charge in [0.15, 0.2) is 10.8 Å². The quantitative estimate of drug-likeness (QED) is 0.752. The predicted molar refractivity (Wildman–Crippen MR) is 71.3 cm³/mol. The van der Waals surface area contributed by atoms with E-state index in [2.05, 4.69) is 10.6 Å². The Bertz CT molecular complexity index is 546. The monoisotopic (exact) mass is 262 g/mol. The molecule has 2 aliphatic heterocycles. The molecular weight excluding hydrogens is 248 g/mol. The molecule has 2 N–H and O–H groups in total. The van der Waals surface area contributed by atoms with Crippen LogP contribution >= 0.6 is 12.2 Å². The highest BCUT2D eigenvalue weighted by atomic mass is 32.1. The van der Waals surface area contributed by atoms with Crippen molar-refractivity contribution in [2.24, 2.45) is 5.92 Å². The molecule has 1 saturated heterocycles. The summed E-state index contributed by atoms with van der Waals surface area (Å²) < 4.78 is 5.98. The minimum atomic E-state index is -0.771. The van der Waals surface area contributed by atoms with Crippen LogP contribution < -0.4 is 15.4 Å². The molecule has 4 nitrogen and oxygen atoms in total. The van der Waals surface area contributed by atoms with Crippen molar-refractivity contribution >= 4 is 23.1 Å². The van der Waals surface area contributed by atoms with E-state index in [1.165, 1.54) is 0 Å².